The molecule has 2 aromatic carbocycles. The largest absolute Gasteiger partial charge is 0.493 e. The number of aromatic nitrogens is 1. The summed E-state index contributed by atoms with van der Waals surface area (Å²) in [6.45, 7) is 5.08. The van der Waals surface area contributed by atoms with E-state index in [0.717, 1.165) is 28.8 Å². The molecule has 0 saturated carbocycles. The first-order chi connectivity index (χ1) is 17.4. The van der Waals surface area contributed by atoms with Gasteiger partial charge in [-0.15, -0.1) is 0 Å². The van der Waals surface area contributed by atoms with Gasteiger partial charge in [-0.1, -0.05) is 31.2 Å². The summed E-state index contributed by atoms with van der Waals surface area (Å²) in [7, 11) is 0. The summed E-state index contributed by atoms with van der Waals surface area (Å²) < 4.78 is 20.7. The Morgan fingerprint density at radius 3 is 2.61 bits per heavy atom. The maximum absolute atomic E-state index is 14.8. The predicted octanol–water partition coefficient (Wildman–Crippen LogP) is 5.38. The highest BCUT2D eigenvalue weighted by molar-refractivity contribution is 5.80. The number of amides is 1. The molecule has 1 unspecified atom stereocenters. The highest BCUT2D eigenvalue weighted by atomic mass is 19.1. The first-order valence-corrected chi connectivity index (χ1v) is 12.4. The number of carboxylic acid groups (broad SMARTS) is 1. The zero-order valence-electron chi connectivity index (χ0n) is 20.7. The number of carbonyl (C=O) groups is 2. The van der Waals surface area contributed by atoms with Gasteiger partial charge in [0.2, 0.25) is 5.91 Å². The summed E-state index contributed by atoms with van der Waals surface area (Å²) in [6.07, 6.45) is 3.21. The second-order valence-electron chi connectivity index (χ2n) is 9.02. The van der Waals surface area contributed by atoms with E-state index in [0.29, 0.717) is 49.4 Å². The summed E-state index contributed by atoms with van der Waals surface area (Å²) in [6, 6.07) is 14.2. The number of fused-ring (bicyclic) bond motifs is 1. The summed E-state index contributed by atoms with van der Waals surface area (Å²) in [5, 5.41) is 9.17. The van der Waals surface area contributed by atoms with Crippen molar-refractivity contribution in [1.82, 2.24) is 9.88 Å². The van der Waals surface area contributed by atoms with Crippen molar-refractivity contribution in [2.24, 2.45) is 0 Å². The van der Waals surface area contributed by atoms with Gasteiger partial charge in [-0.05, 0) is 66.3 Å². The van der Waals surface area contributed by atoms with E-state index in [9.17, 15) is 19.1 Å². The Bertz CT molecular complexity index is 1250. The molecule has 0 bridgehead atoms. The van der Waals surface area contributed by atoms with Gasteiger partial charge in [0.15, 0.2) is 0 Å². The molecular weight excluding hydrogens is 459 g/mol. The smallest absolute Gasteiger partial charge is 0.307 e. The van der Waals surface area contributed by atoms with Crippen molar-refractivity contribution in [2.75, 3.05) is 13.2 Å². The van der Waals surface area contributed by atoms with Gasteiger partial charge >= 0.3 is 5.97 Å². The van der Waals surface area contributed by atoms with Gasteiger partial charge in [-0.2, -0.15) is 0 Å². The average molecular weight is 491 g/mol. The van der Waals surface area contributed by atoms with Crippen molar-refractivity contribution in [3.63, 3.8) is 0 Å². The molecular formula is C29H31FN2O4. The maximum atomic E-state index is 14.8. The third-order valence-electron chi connectivity index (χ3n) is 6.72. The van der Waals surface area contributed by atoms with Gasteiger partial charge in [0.25, 0.3) is 0 Å². The number of carbonyl (C=O) groups excluding carboxylic acids is 1. The number of aliphatic carboxylic acids is 1. The predicted molar refractivity (Wildman–Crippen MR) is 135 cm³/mol. The fraction of sp³-hybridized carbons (Fsp3) is 0.345. The van der Waals surface area contributed by atoms with E-state index in [-0.39, 0.29) is 24.1 Å². The lowest BCUT2D eigenvalue weighted by atomic mass is 9.89. The van der Waals surface area contributed by atoms with Crippen molar-refractivity contribution in [3.8, 4) is 16.9 Å². The van der Waals surface area contributed by atoms with Crippen LogP contribution in [-0.2, 0) is 29.0 Å². The zero-order valence-corrected chi connectivity index (χ0v) is 20.7. The Labute approximate surface area is 210 Å². The topological polar surface area (TPSA) is 79.7 Å². The van der Waals surface area contributed by atoms with Crippen LogP contribution in [0.15, 0.2) is 54.7 Å². The Morgan fingerprint density at radius 1 is 1.11 bits per heavy atom. The molecule has 1 N–H and O–H groups in total. The minimum atomic E-state index is -0.922. The Kier molecular flexibility index (Phi) is 7.98. The lowest BCUT2D eigenvalue weighted by molar-refractivity contribution is -0.136. The van der Waals surface area contributed by atoms with Crippen molar-refractivity contribution < 1.29 is 23.8 Å². The van der Waals surface area contributed by atoms with Gasteiger partial charge in [0.1, 0.15) is 11.6 Å². The zero-order chi connectivity index (χ0) is 25.7. The molecule has 1 aliphatic heterocycles. The van der Waals surface area contributed by atoms with Crippen LogP contribution in [0, 0.1) is 5.82 Å². The number of nitrogens with zero attached hydrogens (tertiary/aromatic N) is 2. The monoisotopic (exact) mass is 490 g/mol. The summed E-state index contributed by atoms with van der Waals surface area (Å²) in [5.41, 5.74) is 4.48. The van der Waals surface area contributed by atoms with Gasteiger partial charge in [-0.3, -0.25) is 14.6 Å². The number of pyridine rings is 1. The number of benzene rings is 2. The van der Waals surface area contributed by atoms with Crippen LogP contribution in [0.3, 0.4) is 0 Å². The number of ether oxygens (including phenoxy) is 1. The molecule has 1 aliphatic rings. The van der Waals surface area contributed by atoms with E-state index in [2.05, 4.69) is 11.9 Å². The molecule has 0 spiro atoms. The van der Waals surface area contributed by atoms with Crippen molar-refractivity contribution >= 4 is 11.9 Å². The van der Waals surface area contributed by atoms with Gasteiger partial charge in [0.05, 0.1) is 13.0 Å². The van der Waals surface area contributed by atoms with Crippen LogP contribution in [0.5, 0.6) is 5.75 Å². The maximum Gasteiger partial charge on any atom is 0.307 e. The normalized spacial score (nSPS) is 13.7. The number of carboxylic acids is 1. The number of halogens is 1. The number of rotatable bonds is 9. The molecule has 0 fully saturated rings. The second-order valence-corrected chi connectivity index (χ2v) is 9.02. The highest BCUT2D eigenvalue weighted by Gasteiger charge is 2.28. The lowest BCUT2D eigenvalue weighted by Gasteiger charge is -2.32. The molecule has 4 rings (SSSR count). The summed E-state index contributed by atoms with van der Waals surface area (Å²) in [5.74, 6) is -0.598. The van der Waals surface area contributed by atoms with Crippen molar-refractivity contribution in [3.05, 3.63) is 82.9 Å². The molecule has 1 amide bonds. The van der Waals surface area contributed by atoms with Crippen molar-refractivity contribution in [1.29, 1.82) is 0 Å². The molecule has 1 atom stereocenters. The lowest BCUT2D eigenvalue weighted by Crippen LogP contribution is -2.37. The quantitative estimate of drug-likeness (QED) is 0.436. The molecule has 0 aliphatic carbocycles. The van der Waals surface area contributed by atoms with Crippen LogP contribution in [0.1, 0.15) is 55.0 Å². The number of hydrogen-bond donors (Lipinski definition) is 1. The first kappa shape index (κ1) is 25.4. The molecule has 36 heavy (non-hydrogen) atoms. The molecule has 6 nitrogen and oxygen atoms in total. The molecule has 0 radical (unpaired) electrons. The second kappa shape index (κ2) is 11.3. The average Bonchev–Trinajstić information content (AvgIpc) is 2.88. The molecule has 1 aromatic heterocycles. The fourth-order valence-electron chi connectivity index (χ4n) is 4.86. The van der Waals surface area contributed by atoms with Crippen LogP contribution in [0.25, 0.3) is 11.1 Å². The molecule has 2 heterocycles. The van der Waals surface area contributed by atoms with E-state index >= 15 is 0 Å². The van der Waals surface area contributed by atoms with Crippen LogP contribution in [0.2, 0.25) is 0 Å². The van der Waals surface area contributed by atoms with Gasteiger partial charge in [-0.25, -0.2) is 4.39 Å². The Hall–Kier alpha value is -3.74. The summed E-state index contributed by atoms with van der Waals surface area (Å²) in [4.78, 5) is 30.7. The van der Waals surface area contributed by atoms with E-state index < -0.39 is 5.97 Å². The minimum Gasteiger partial charge on any atom is -0.493 e. The van der Waals surface area contributed by atoms with Crippen LogP contribution in [0.4, 0.5) is 4.39 Å². The molecule has 3 aromatic rings. The fourth-order valence-corrected chi connectivity index (χ4v) is 4.86. The third-order valence-corrected chi connectivity index (χ3v) is 6.72. The van der Waals surface area contributed by atoms with Crippen LogP contribution >= 0.6 is 0 Å². The van der Waals surface area contributed by atoms with Crippen LogP contribution < -0.4 is 4.74 Å². The van der Waals surface area contributed by atoms with E-state index in [1.807, 2.05) is 31.2 Å². The molecule has 0 saturated heterocycles. The Balaban J connectivity index is 1.64. The first-order valence-electron chi connectivity index (χ1n) is 12.4. The summed E-state index contributed by atoms with van der Waals surface area (Å²) >= 11 is 0. The standard InChI is InChI=1S/C29H31FN2O4/c1-3-20(26-7-5-6-13-31-26)17-28(33)32-14-12-22-24(18-32)21(10-11-25(22)30)23-9-8-19(16-29(34)35)15-27(23)36-4-2/h5-11,13,15,20H,3-4,12,14,16-18H2,1-2H3,(H,34,35). The number of hydrogen-bond acceptors (Lipinski definition) is 4. The van der Waals surface area contributed by atoms with E-state index in [4.69, 9.17) is 4.74 Å². The van der Waals surface area contributed by atoms with E-state index in [1.165, 1.54) is 6.07 Å². The third kappa shape index (κ3) is 5.56. The van der Waals surface area contributed by atoms with Crippen molar-refractivity contribution in [2.45, 2.75) is 52.0 Å². The van der Waals surface area contributed by atoms with Gasteiger partial charge in [0, 0.05) is 42.9 Å². The molecule has 188 valence electrons. The minimum absolute atomic E-state index is 0.0233. The SMILES string of the molecule is CCOc1cc(CC(=O)O)ccc1-c1ccc(F)c2c1CN(C(=O)CC(CC)c1ccccn1)CC2. The molecule has 7 heteroatoms. The Morgan fingerprint density at radius 2 is 1.92 bits per heavy atom. The van der Waals surface area contributed by atoms with Crippen LogP contribution in [-0.4, -0.2) is 40.0 Å². The van der Waals surface area contributed by atoms with Gasteiger partial charge < -0.3 is 14.7 Å². The van der Waals surface area contributed by atoms with E-state index in [1.54, 1.807) is 29.3 Å². The highest BCUT2D eigenvalue weighted by Crippen LogP contribution is 2.38.